The molecule has 0 aromatic rings. The Hall–Kier alpha value is -0.570. The summed E-state index contributed by atoms with van der Waals surface area (Å²) in [5, 5.41) is 17.1. The number of rotatable bonds is 26. The van der Waals surface area contributed by atoms with Crippen molar-refractivity contribution < 1.29 is 15.0 Å². The maximum Gasteiger partial charge on any atom is 0.303 e. The fourth-order valence-corrected chi connectivity index (χ4v) is 4.25. The van der Waals surface area contributed by atoms with Crippen LogP contribution >= 0.6 is 0 Å². The number of unbranched alkanes of at least 4 members (excludes halogenated alkanes) is 23. The molecule has 2 N–H and O–H groups in total. The second kappa shape index (κ2) is 33.6. The van der Waals surface area contributed by atoms with Crippen molar-refractivity contribution in [1.29, 1.82) is 0 Å². The Morgan fingerprint density at radius 3 is 0.909 bits per heavy atom. The van der Waals surface area contributed by atoms with Crippen LogP contribution in [-0.4, -0.2) is 22.8 Å². The van der Waals surface area contributed by atoms with Crippen LogP contribution in [0.1, 0.15) is 181 Å². The first-order valence-corrected chi connectivity index (χ1v) is 15.0. The first kappa shape index (κ1) is 34.6. The van der Waals surface area contributed by atoms with Gasteiger partial charge in [-0.05, 0) is 12.8 Å². The number of aliphatic hydroxyl groups is 1. The standard InChI is InChI=1S/C18H38O.C12H24O2/c1-2-3-4-5-6-7-8-9-10-11-12-13-14-15-16-17-18-19;1-2-3-4-5-6-7-8-9-10-11-12(13)14/h19H,2-18H2,1H3;2-11H2,1H3,(H,13,14). The minimum Gasteiger partial charge on any atom is -0.481 e. The number of carboxylic acid groups (broad SMARTS) is 1. The Morgan fingerprint density at radius 1 is 0.424 bits per heavy atom. The number of aliphatic hydroxyl groups excluding tert-OH is 1. The third-order valence-corrected chi connectivity index (χ3v) is 6.51. The third kappa shape index (κ3) is 39.0. The van der Waals surface area contributed by atoms with Crippen molar-refractivity contribution in [2.24, 2.45) is 0 Å². The highest BCUT2D eigenvalue weighted by molar-refractivity contribution is 5.66. The van der Waals surface area contributed by atoms with Crippen LogP contribution in [0.15, 0.2) is 0 Å². The van der Waals surface area contributed by atoms with E-state index in [4.69, 9.17) is 10.2 Å². The van der Waals surface area contributed by atoms with Crippen LogP contribution in [0.25, 0.3) is 0 Å². The van der Waals surface area contributed by atoms with E-state index >= 15 is 0 Å². The number of hydrogen-bond donors (Lipinski definition) is 2. The van der Waals surface area contributed by atoms with Gasteiger partial charge in [-0.3, -0.25) is 4.79 Å². The Morgan fingerprint density at radius 2 is 0.667 bits per heavy atom. The van der Waals surface area contributed by atoms with E-state index in [1.165, 1.54) is 141 Å². The molecule has 0 saturated heterocycles. The van der Waals surface area contributed by atoms with Gasteiger partial charge in [0, 0.05) is 13.0 Å². The van der Waals surface area contributed by atoms with Gasteiger partial charge in [0.2, 0.25) is 0 Å². The number of carboxylic acids is 1. The summed E-state index contributed by atoms with van der Waals surface area (Å²) in [5.74, 6) is -0.659. The Kier molecular flexibility index (Phi) is 35.2. The van der Waals surface area contributed by atoms with Gasteiger partial charge in [-0.2, -0.15) is 0 Å². The number of carbonyl (C=O) groups is 1. The zero-order valence-electron chi connectivity index (χ0n) is 22.9. The molecule has 0 radical (unpaired) electrons. The van der Waals surface area contributed by atoms with E-state index in [1.807, 2.05) is 0 Å². The topological polar surface area (TPSA) is 57.5 Å². The molecular formula is C30H62O3. The summed E-state index contributed by atoms with van der Waals surface area (Å²) in [5.41, 5.74) is 0. The molecule has 0 aromatic heterocycles. The summed E-state index contributed by atoms with van der Waals surface area (Å²) in [6.45, 7) is 4.89. The first-order valence-electron chi connectivity index (χ1n) is 15.0. The van der Waals surface area contributed by atoms with E-state index < -0.39 is 5.97 Å². The maximum atomic E-state index is 10.2. The molecule has 0 unspecified atom stereocenters. The van der Waals surface area contributed by atoms with E-state index in [0.29, 0.717) is 13.0 Å². The summed E-state index contributed by atoms with van der Waals surface area (Å²) in [6.07, 6.45) is 33.7. The Bertz CT molecular complexity index is 327. The summed E-state index contributed by atoms with van der Waals surface area (Å²) >= 11 is 0. The molecule has 0 spiro atoms. The smallest absolute Gasteiger partial charge is 0.303 e. The summed E-state index contributed by atoms with van der Waals surface area (Å²) in [4.78, 5) is 10.2. The molecule has 0 saturated carbocycles. The third-order valence-electron chi connectivity index (χ3n) is 6.51. The van der Waals surface area contributed by atoms with Gasteiger partial charge in [0.1, 0.15) is 0 Å². The molecule has 0 amide bonds. The van der Waals surface area contributed by atoms with Crippen molar-refractivity contribution >= 4 is 5.97 Å². The number of aliphatic carboxylic acids is 1. The molecule has 200 valence electrons. The van der Waals surface area contributed by atoms with Crippen molar-refractivity contribution in [3.05, 3.63) is 0 Å². The fourth-order valence-electron chi connectivity index (χ4n) is 4.25. The van der Waals surface area contributed by atoms with Crippen molar-refractivity contribution in [2.45, 2.75) is 181 Å². The number of hydrogen-bond acceptors (Lipinski definition) is 2. The predicted octanol–water partition coefficient (Wildman–Crippen LogP) is 10.2. The van der Waals surface area contributed by atoms with Gasteiger partial charge < -0.3 is 10.2 Å². The fraction of sp³-hybridized carbons (Fsp3) is 0.967. The zero-order valence-corrected chi connectivity index (χ0v) is 22.9. The lowest BCUT2D eigenvalue weighted by Gasteiger charge is -2.03. The Labute approximate surface area is 208 Å². The molecule has 0 bridgehead atoms. The van der Waals surface area contributed by atoms with E-state index in [-0.39, 0.29) is 0 Å². The molecule has 0 heterocycles. The van der Waals surface area contributed by atoms with E-state index in [9.17, 15) is 4.79 Å². The van der Waals surface area contributed by atoms with Crippen molar-refractivity contribution in [3.8, 4) is 0 Å². The molecule has 3 heteroatoms. The van der Waals surface area contributed by atoms with Gasteiger partial charge in [0.25, 0.3) is 0 Å². The van der Waals surface area contributed by atoms with Gasteiger partial charge in [-0.1, -0.05) is 162 Å². The maximum absolute atomic E-state index is 10.2. The van der Waals surface area contributed by atoms with Crippen molar-refractivity contribution in [1.82, 2.24) is 0 Å². The average molecular weight is 471 g/mol. The highest BCUT2D eigenvalue weighted by Gasteiger charge is 1.96. The molecule has 0 aliphatic carbocycles. The largest absolute Gasteiger partial charge is 0.481 e. The molecule has 0 atom stereocenters. The molecule has 0 fully saturated rings. The van der Waals surface area contributed by atoms with Gasteiger partial charge in [0.05, 0.1) is 0 Å². The minimum absolute atomic E-state index is 0.343. The van der Waals surface area contributed by atoms with Crippen LogP contribution in [0.5, 0.6) is 0 Å². The molecule has 3 nitrogen and oxygen atoms in total. The summed E-state index contributed by atoms with van der Waals surface area (Å²) < 4.78 is 0. The van der Waals surface area contributed by atoms with Crippen LogP contribution in [0.4, 0.5) is 0 Å². The van der Waals surface area contributed by atoms with Crippen molar-refractivity contribution in [2.75, 3.05) is 6.61 Å². The lowest BCUT2D eigenvalue weighted by atomic mass is 10.0. The lowest BCUT2D eigenvalue weighted by molar-refractivity contribution is -0.137. The Balaban J connectivity index is 0. The average Bonchev–Trinajstić information content (AvgIpc) is 2.81. The van der Waals surface area contributed by atoms with E-state index in [1.54, 1.807) is 0 Å². The summed E-state index contributed by atoms with van der Waals surface area (Å²) in [6, 6.07) is 0. The van der Waals surface area contributed by atoms with Crippen LogP contribution in [0, 0.1) is 0 Å². The molecule has 0 aromatic carbocycles. The molecule has 0 aliphatic heterocycles. The lowest BCUT2D eigenvalue weighted by Crippen LogP contribution is -1.93. The summed E-state index contributed by atoms with van der Waals surface area (Å²) in [7, 11) is 0. The first-order chi connectivity index (χ1) is 16.2. The normalized spacial score (nSPS) is 10.8. The van der Waals surface area contributed by atoms with Crippen molar-refractivity contribution in [3.63, 3.8) is 0 Å². The highest BCUT2D eigenvalue weighted by Crippen LogP contribution is 2.13. The highest BCUT2D eigenvalue weighted by atomic mass is 16.4. The zero-order chi connectivity index (χ0) is 24.7. The van der Waals surface area contributed by atoms with Gasteiger partial charge in [0.15, 0.2) is 0 Å². The quantitative estimate of drug-likeness (QED) is 0.124. The second-order valence-corrected chi connectivity index (χ2v) is 10.00. The molecule has 0 rings (SSSR count). The second-order valence-electron chi connectivity index (χ2n) is 10.00. The van der Waals surface area contributed by atoms with Crippen LogP contribution in [0.3, 0.4) is 0 Å². The monoisotopic (exact) mass is 470 g/mol. The van der Waals surface area contributed by atoms with Crippen LogP contribution in [0.2, 0.25) is 0 Å². The van der Waals surface area contributed by atoms with Gasteiger partial charge in [-0.25, -0.2) is 0 Å². The predicted molar refractivity (Wildman–Crippen MR) is 146 cm³/mol. The molecular weight excluding hydrogens is 408 g/mol. The van der Waals surface area contributed by atoms with E-state index in [0.717, 1.165) is 19.3 Å². The molecule has 33 heavy (non-hydrogen) atoms. The van der Waals surface area contributed by atoms with Gasteiger partial charge >= 0.3 is 5.97 Å². The van der Waals surface area contributed by atoms with Crippen LogP contribution in [-0.2, 0) is 4.79 Å². The minimum atomic E-state index is -0.659. The molecule has 0 aliphatic rings. The van der Waals surface area contributed by atoms with Gasteiger partial charge in [-0.15, -0.1) is 0 Å². The van der Waals surface area contributed by atoms with E-state index in [2.05, 4.69) is 13.8 Å². The SMILES string of the molecule is CCCCCCCCCCCC(=O)O.CCCCCCCCCCCCCCCCCCO. The van der Waals surface area contributed by atoms with Crippen LogP contribution < -0.4 is 0 Å².